The molecule has 0 saturated heterocycles. The summed E-state index contributed by atoms with van der Waals surface area (Å²) in [7, 11) is 0. The Labute approximate surface area is 111 Å². The van der Waals surface area contributed by atoms with Crippen LogP contribution in [0.4, 0.5) is 5.82 Å². The Hall–Kier alpha value is -2.10. The number of benzene rings is 1. The second kappa shape index (κ2) is 4.53. The van der Waals surface area contributed by atoms with E-state index in [9.17, 15) is 9.90 Å². The maximum absolute atomic E-state index is 11.3. The molecule has 1 aliphatic carbocycles. The molecule has 0 bridgehead atoms. The Kier molecular flexibility index (Phi) is 2.85. The molecule has 1 fully saturated rings. The molecular formula is C15H16N2O2. The first-order chi connectivity index (χ1) is 9.21. The standard InChI is InChI=1S/C15H16N2O2/c18-14(19)15(7-3-8-15)10-17-13-12-5-2-1-4-11(12)6-9-16-13/h1-2,4-6,9H,3,7-8,10H2,(H,16,17)(H,18,19). The third-order valence-electron chi connectivity index (χ3n) is 4.03. The fraction of sp³-hybridized carbons (Fsp3) is 0.333. The van der Waals surface area contributed by atoms with Gasteiger partial charge < -0.3 is 10.4 Å². The summed E-state index contributed by atoms with van der Waals surface area (Å²) in [6.07, 6.45) is 4.25. The van der Waals surface area contributed by atoms with Crippen LogP contribution >= 0.6 is 0 Å². The van der Waals surface area contributed by atoms with Gasteiger partial charge in [0.25, 0.3) is 0 Å². The molecule has 19 heavy (non-hydrogen) atoms. The minimum absolute atomic E-state index is 0.448. The number of nitrogens with one attached hydrogen (secondary N) is 1. The molecule has 0 unspecified atom stereocenters. The van der Waals surface area contributed by atoms with E-state index in [2.05, 4.69) is 10.3 Å². The topological polar surface area (TPSA) is 62.2 Å². The van der Waals surface area contributed by atoms with E-state index in [-0.39, 0.29) is 0 Å². The minimum atomic E-state index is -0.702. The van der Waals surface area contributed by atoms with Crippen LogP contribution in [0.1, 0.15) is 19.3 Å². The van der Waals surface area contributed by atoms with E-state index < -0.39 is 11.4 Å². The first-order valence-corrected chi connectivity index (χ1v) is 6.52. The van der Waals surface area contributed by atoms with Crippen molar-refractivity contribution in [1.82, 2.24) is 4.98 Å². The molecule has 1 aromatic heterocycles. The van der Waals surface area contributed by atoms with E-state index in [4.69, 9.17) is 0 Å². The van der Waals surface area contributed by atoms with Gasteiger partial charge in [-0.15, -0.1) is 0 Å². The minimum Gasteiger partial charge on any atom is -0.481 e. The number of rotatable bonds is 4. The number of anilines is 1. The predicted octanol–water partition coefficient (Wildman–Crippen LogP) is 2.90. The fourth-order valence-electron chi connectivity index (χ4n) is 2.58. The van der Waals surface area contributed by atoms with Gasteiger partial charge in [0, 0.05) is 18.1 Å². The Morgan fingerprint density at radius 2 is 2.11 bits per heavy atom. The van der Waals surface area contributed by atoms with Crippen LogP contribution in [0.25, 0.3) is 10.8 Å². The smallest absolute Gasteiger partial charge is 0.311 e. The number of aromatic nitrogens is 1. The molecule has 1 heterocycles. The summed E-state index contributed by atoms with van der Waals surface area (Å²) >= 11 is 0. The van der Waals surface area contributed by atoms with Gasteiger partial charge in [-0.05, 0) is 24.3 Å². The molecule has 98 valence electrons. The van der Waals surface area contributed by atoms with Crippen LogP contribution in [0.5, 0.6) is 0 Å². The number of nitrogens with zero attached hydrogens (tertiary/aromatic N) is 1. The van der Waals surface area contributed by atoms with E-state index in [0.29, 0.717) is 6.54 Å². The molecule has 1 aromatic carbocycles. The summed E-state index contributed by atoms with van der Waals surface area (Å²) in [5.41, 5.74) is -0.599. The highest BCUT2D eigenvalue weighted by Crippen LogP contribution is 2.41. The van der Waals surface area contributed by atoms with Gasteiger partial charge in [-0.2, -0.15) is 0 Å². The molecule has 4 nitrogen and oxygen atoms in total. The second-order valence-electron chi connectivity index (χ2n) is 5.17. The number of fused-ring (bicyclic) bond motifs is 1. The van der Waals surface area contributed by atoms with E-state index in [1.54, 1.807) is 6.20 Å². The zero-order valence-corrected chi connectivity index (χ0v) is 10.6. The van der Waals surface area contributed by atoms with E-state index in [0.717, 1.165) is 35.9 Å². The fourth-order valence-corrected chi connectivity index (χ4v) is 2.58. The summed E-state index contributed by atoms with van der Waals surface area (Å²) < 4.78 is 0. The van der Waals surface area contributed by atoms with Gasteiger partial charge >= 0.3 is 5.97 Å². The van der Waals surface area contributed by atoms with Crippen molar-refractivity contribution in [2.75, 3.05) is 11.9 Å². The van der Waals surface area contributed by atoms with Crippen LogP contribution in [-0.4, -0.2) is 22.6 Å². The van der Waals surface area contributed by atoms with Crippen molar-refractivity contribution in [1.29, 1.82) is 0 Å². The second-order valence-corrected chi connectivity index (χ2v) is 5.17. The van der Waals surface area contributed by atoms with Crippen molar-refractivity contribution in [3.63, 3.8) is 0 Å². The zero-order valence-electron chi connectivity index (χ0n) is 10.6. The van der Waals surface area contributed by atoms with E-state index in [1.807, 2.05) is 30.3 Å². The molecule has 0 aliphatic heterocycles. The van der Waals surface area contributed by atoms with Gasteiger partial charge in [0.05, 0.1) is 5.41 Å². The predicted molar refractivity (Wildman–Crippen MR) is 74.2 cm³/mol. The molecule has 2 N–H and O–H groups in total. The van der Waals surface area contributed by atoms with Gasteiger partial charge in [-0.1, -0.05) is 30.7 Å². The number of hydrogen-bond donors (Lipinski definition) is 2. The van der Waals surface area contributed by atoms with Gasteiger partial charge in [0.2, 0.25) is 0 Å². The van der Waals surface area contributed by atoms with Crippen LogP contribution < -0.4 is 5.32 Å². The number of carboxylic acids is 1. The van der Waals surface area contributed by atoms with Crippen molar-refractivity contribution < 1.29 is 9.90 Å². The Morgan fingerprint density at radius 3 is 2.79 bits per heavy atom. The lowest BCUT2D eigenvalue weighted by Crippen LogP contribution is -2.43. The molecule has 2 aromatic rings. The lowest BCUT2D eigenvalue weighted by atomic mass is 9.69. The summed E-state index contributed by atoms with van der Waals surface area (Å²) in [6.45, 7) is 0.448. The normalized spacial score (nSPS) is 16.8. The molecule has 0 amide bonds. The summed E-state index contributed by atoms with van der Waals surface area (Å²) in [5, 5.41) is 14.7. The van der Waals surface area contributed by atoms with Crippen LogP contribution in [-0.2, 0) is 4.79 Å². The van der Waals surface area contributed by atoms with Crippen molar-refractivity contribution in [2.24, 2.45) is 5.41 Å². The molecule has 4 heteroatoms. The first kappa shape index (κ1) is 12.0. The Balaban J connectivity index is 1.84. The third-order valence-corrected chi connectivity index (χ3v) is 4.03. The summed E-state index contributed by atoms with van der Waals surface area (Å²) in [5.74, 6) is 0.0668. The highest BCUT2D eigenvalue weighted by atomic mass is 16.4. The van der Waals surface area contributed by atoms with Gasteiger partial charge in [0.15, 0.2) is 0 Å². The Morgan fingerprint density at radius 1 is 1.32 bits per heavy atom. The van der Waals surface area contributed by atoms with Crippen LogP contribution in [0.3, 0.4) is 0 Å². The SMILES string of the molecule is O=C(O)C1(CNc2nccc3ccccc23)CCC1. The van der Waals surface area contributed by atoms with Crippen LogP contribution in [0, 0.1) is 5.41 Å². The maximum Gasteiger partial charge on any atom is 0.311 e. The van der Waals surface area contributed by atoms with E-state index >= 15 is 0 Å². The average Bonchev–Trinajstić information content (AvgIpc) is 2.37. The largest absolute Gasteiger partial charge is 0.481 e. The van der Waals surface area contributed by atoms with E-state index in [1.165, 1.54) is 0 Å². The molecule has 0 atom stereocenters. The number of pyridine rings is 1. The van der Waals surface area contributed by atoms with Crippen molar-refractivity contribution in [3.8, 4) is 0 Å². The molecule has 1 aliphatic rings. The Bertz CT molecular complexity index is 615. The summed E-state index contributed by atoms with van der Waals surface area (Å²) in [6, 6.07) is 9.93. The van der Waals surface area contributed by atoms with Crippen molar-refractivity contribution in [2.45, 2.75) is 19.3 Å². The van der Waals surface area contributed by atoms with Gasteiger partial charge in [-0.3, -0.25) is 4.79 Å². The quantitative estimate of drug-likeness (QED) is 0.883. The van der Waals surface area contributed by atoms with Crippen LogP contribution in [0.2, 0.25) is 0 Å². The van der Waals surface area contributed by atoms with Crippen molar-refractivity contribution >= 4 is 22.6 Å². The molecule has 0 radical (unpaired) electrons. The maximum atomic E-state index is 11.3. The molecule has 1 saturated carbocycles. The number of aliphatic carboxylic acids is 1. The van der Waals surface area contributed by atoms with Gasteiger partial charge in [0.1, 0.15) is 5.82 Å². The monoisotopic (exact) mass is 256 g/mol. The van der Waals surface area contributed by atoms with Crippen LogP contribution in [0.15, 0.2) is 36.5 Å². The van der Waals surface area contributed by atoms with Gasteiger partial charge in [-0.25, -0.2) is 4.98 Å². The molecule has 3 rings (SSSR count). The number of carboxylic acid groups (broad SMARTS) is 1. The number of carbonyl (C=O) groups is 1. The average molecular weight is 256 g/mol. The van der Waals surface area contributed by atoms with Crippen molar-refractivity contribution in [3.05, 3.63) is 36.5 Å². The third kappa shape index (κ3) is 2.03. The molecule has 0 spiro atoms. The summed E-state index contributed by atoms with van der Waals surface area (Å²) in [4.78, 5) is 15.7. The number of hydrogen-bond acceptors (Lipinski definition) is 3. The lowest BCUT2D eigenvalue weighted by Gasteiger charge is -2.37. The molecular weight excluding hydrogens is 240 g/mol. The highest BCUT2D eigenvalue weighted by molar-refractivity contribution is 5.91. The lowest BCUT2D eigenvalue weighted by molar-refractivity contribution is -0.153. The zero-order chi connectivity index (χ0) is 13.3. The first-order valence-electron chi connectivity index (χ1n) is 6.52. The highest BCUT2D eigenvalue weighted by Gasteiger charge is 2.44.